The van der Waals surface area contributed by atoms with Gasteiger partial charge in [0.15, 0.2) is 0 Å². The van der Waals surface area contributed by atoms with Gasteiger partial charge < -0.3 is 5.73 Å². The topological polar surface area (TPSA) is 38.9 Å². The Labute approximate surface area is 104 Å². The summed E-state index contributed by atoms with van der Waals surface area (Å²) in [5.74, 6) is -2.59. The fourth-order valence-corrected chi connectivity index (χ4v) is 2.61. The summed E-state index contributed by atoms with van der Waals surface area (Å²) in [6.07, 6.45) is 0.107. The van der Waals surface area contributed by atoms with Crippen LogP contribution < -0.4 is 5.73 Å². The van der Waals surface area contributed by atoms with Crippen molar-refractivity contribution in [3.05, 3.63) is 28.5 Å². The Kier molecular flexibility index (Phi) is 3.12. The molecule has 1 saturated carbocycles. The predicted molar refractivity (Wildman–Crippen MR) is 63.3 cm³/mol. The molecular formula is C12H15ClF2N2. The number of aromatic nitrogens is 1. The summed E-state index contributed by atoms with van der Waals surface area (Å²) in [5.41, 5.74) is 6.91. The van der Waals surface area contributed by atoms with E-state index in [-0.39, 0.29) is 25.7 Å². The van der Waals surface area contributed by atoms with Crippen LogP contribution in [0, 0.1) is 6.92 Å². The average Bonchev–Trinajstić information content (AvgIpc) is 2.23. The summed E-state index contributed by atoms with van der Waals surface area (Å²) in [7, 11) is 0. The van der Waals surface area contributed by atoms with E-state index in [9.17, 15) is 8.78 Å². The highest BCUT2D eigenvalue weighted by Crippen LogP contribution is 2.43. The fraction of sp³-hybridized carbons (Fsp3) is 0.583. The van der Waals surface area contributed by atoms with Gasteiger partial charge in [-0.2, -0.15) is 0 Å². The quantitative estimate of drug-likeness (QED) is 0.786. The molecule has 5 heteroatoms. The SMILES string of the molecule is Cc1ccc(C2(N)CCC(F)(F)CC2)c(Cl)n1. The lowest BCUT2D eigenvalue weighted by Gasteiger charge is -2.37. The number of aryl methyl sites for hydroxylation is 1. The molecule has 0 atom stereocenters. The molecule has 1 aliphatic rings. The molecule has 0 aromatic carbocycles. The largest absolute Gasteiger partial charge is 0.321 e. The summed E-state index contributed by atoms with van der Waals surface area (Å²) >= 11 is 6.04. The lowest BCUT2D eigenvalue weighted by Crippen LogP contribution is -2.43. The molecule has 1 aromatic heterocycles. The molecule has 0 saturated heterocycles. The van der Waals surface area contributed by atoms with E-state index in [0.29, 0.717) is 10.7 Å². The van der Waals surface area contributed by atoms with Crippen LogP contribution in [0.25, 0.3) is 0 Å². The van der Waals surface area contributed by atoms with Crippen LogP contribution in [-0.4, -0.2) is 10.9 Å². The highest BCUT2D eigenvalue weighted by molar-refractivity contribution is 6.30. The van der Waals surface area contributed by atoms with E-state index in [1.165, 1.54) is 0 Å². The molecule has 0 spiro atoms. The molecule has 1 aliphatic carbocycles. The van der Waals surface area contributed by atoms with Gasteiger partial charge in [-0.15, -0.1) is 0 Å². The Morgan fingerprint density at radius 3 is 2.35 bits per heavy atom. The maximum absolute atomic E-state index is 13.1. The molecule has 17 heavy (non-hydrogen) atoms. The van der Waals surface area contributed by atoms with Crippen molar-refractivity contribution in [2.45, 2.75) is 44.1 Å². The molecule has 0 bridgehead atoms. The Hall–Kier alpha value is -0.740. The van der Waals surface area contributed by atoms with Crippen LogP contribution >= 0.6 is 11.6 Å². The van der Waals surface area contributed by atoms with Gasteiger partial charge in [-0.05, 0) is 25.8 Å². The number of alkyl halides is 2. The van der Waals surface area contributed by atoms with Crippen LogP contribution in [-0.2, 0) is 5.54 Å². The minimum absolute atomic E-state index is 0.187. The number of hydrogen-bond donors (Lipinski definition) is 1. The van der Waals surface area contributed by atoms with Crippen molar-refractivity contribution in [3.63, 3.8) is 0 Å². The van der Waals surface area contributed by atoms with E-state index in [2.05, 4.69) is 4.98 Å². The van der Waals surface area contributed by atoms with Crippen LogP contribution in [0.4, 0.5) is 8.78 Å². The maximum atomic E-state index is 13.1. The van der Waals surface area contributed by atoms with Crippen LogP contribution in [0.5, 0.6) is 0 Å². The lowest BCUT2D eigenvalue weighted by molar-refractivity contribution is -0.0514. The molecule has 1 heterocycles. The van der Waals surface area contributed by atoms with Crippen molar-refractivity contribution in [2.24, 2.45) is 5.73 Å². The molecule has 94 valence electrons. The van der Waals surface area contributed by atoms with E-state index in [1.54, 1.807) is 6.07 Å². The molecular weight excluding hydrogens is 246 g/mol. The molecule has 0 radical (unpaired) electrons. The summed E-state index contributed by atoms with van der Waals surface area (Å²) in [4.78, 5) is 4.13. The number of nitrogens with two attached hydrogens (primary N) is 1. The van der Waals surface area contributed by atoms with E-state index in [1.807, 2.05) is 13.0 Å². The van der Waals surface area contributed by atoms with Crippen molar-refractivity contribution >= 4 is 11.6 Å². The standard InChI is InChI=1S/C12H15ClF2N2/c1-8-2-3-9(10(13)17-8)11(16)4-6-12(14,15)7-5-11/h2-3H,4-7,16H2,1H3. The third kappa shape index (κ3) is 2.58. The molecule has 1 aromatic rings. The highest BCUT2D eigenvalue weighted by Gasteiger charge is 2.43. The van der Waals surface area contributed by atoms with E-state index in [0.717, 1.165) is 5.69 Å². The Balaban J connectivity index is 2.27. The zero-order valence-corrected chi connectivity index (χ0v) is 10.4. The first-order valence-corrected chi connectivity index (χ1v) is 6.01. The average molecular weight is 261 g/mol. The summed E-state index contributed by atoms with van der Waals surface area (Å²) in [6.45, 7) is 1.83. The van der Waals surface area contributed by atoms with Gasteiger partial charge in [0, 0.05) is 29.6 Å². The van der Waals surface area contributed by atoms with E-state index in [4.69, 9.17) is 17.3 Å². The van der Waals surface area contributed by atoms with Gasteiger partial charge in [0.2, 0.25) is 5.92 Å². The second-order valence-corrected chi connectivity index (χ2v) is 5.16. The Morgan fingerprint density at radius 2 is 1.82 bits per heavy atom. The minimum atomic E-state index is -2.59. The summed E-state index contributed by atoms with van der Waals surface area (Å²) in [5, 5.41) is 0.331. The molecule has 0 amide bonds. The maximum Gasteiger partial charge on any atom is 0.248 e. The van der Waals surface area contributed by atoms with Gasteiger partial charge in [-0.1, -0.05) is 17.7 Å². The third-order valence-electron chi connectivity index (χ3n) is 3.40. The van der Waals surface area contributed by atoms with Crippen molar-refractivity contribution in [1.29, 1.82) is 0 Å². The van der Waals surface area contributed by atoms with Crippen LogP contribution in [0.15, 0.2) is 12.1 Å². The smallest absolute Gasteiger partial charge is 0.248 e. The molecule has 1 fully saturated rings. The second kappa shape index (κ2) is 4.18. The van der Waals surface area contributed by atoms with E-state index >= 15 is 0 Å². The summed E-state index contributed by atoms with van der Waals surface area (Å²) < 4.78 is 26.2. The number of halogens is 3. The molecule has 2 nitrogen and oxygen atoms in total. The van der Waals surface area contributed by atoms with Gasteiger partial charge in [0.25, 0.3) is 0 Å². The fourth-order valence-electron chi connectivity index (χ4n) is 2.23. The Bertz CT molecular complexity index is 425. The summed E-state index contributed by atoms with van der Waals surface area (Å²) in [6, 6.07) is 3.61. The molecule has 2 rings (SSSR count). The van der Waals surface area contributed by atoms with Gasteiger partial charge in [0.05, 0.1) is 0 Å². The van der Waals surface area contributed by atoms with Gasteiger partial charge in [-0.3, -0.25) is 0 Å². The number of hydrogen-bond acceptors (Lipinski definition) is 2. The third-order valence-corrected chi connectivity index (χ3v) is 3.69. The van der Waals surface area contributed by atoms with Crippen LogP contribution in [0.1, 0.15) is 36.9 Å². The zero-order valence-electron chi connectivity index (χ0n) is 9.64. The molecule has 0 unspecified atom stereocenters. The highest BCUT2D eigenvalue weighted by atomic mass is 35.5. The predicted octanol–water partition coefficient (Wildman–Crippen LogP) is 3.41. The van der Waals surface area contributed by atoms with Crippen molar-refractivity contribution in [3.8, 4) is 0 Å². The minimum Gasteiger partial charge on any atom is -0.321 e. The number of pyridine rings is 1. The monoisotopic (exact) mass is 260 g/mol. The molecule has 0 aliphatic heterocycles. The second-order valence-electron chi connectivity index (χ2n) is 4.80. The lowest BCUT2D eigenvalue weighted by atomic mass is 9.76. The van der Waals surface area contributed by atoms with Crippen molar-refractivity contribution in [2.75, 3.05) is 0 Å². The number of nitrogens with zero attached hydrogens (tertiary/aromatic N) is 1. The zero-order chi connectivity index (χ0) is 12.7. The van der Waals surface area contributed by atoms with Gasteiger partial charge in [0.1, 0.15) is 5.15 Å². The van der Waals surface area contributed by atoms with Gasteiger partial charge in [-0.25, -0.2) is 13.8 Å². The Morgan fingerprint density at radius 1 is 1.24 bits per heavy atom. The normalized spacial score (nSPS) is 22.4. The van der Waals surface area contributed by atoms with Crippen molar-refractivity contribution < 1.29 is 8.78 Å². The van der Waals surface area contributed by atoms with Crippen LogP contribution in [0.2, 0.25) is 5.15 Å². The first-order chi connectivity index (χ1) is 7.82. The van der Waals surface area contributed by atoms with Gasteiger partial charge >= 0.3 is 0 Å². The van der Waals surface area contributed by atoms with E-state index < -0.39 is 11.5 Å². The van der Waals surface area contributed by atoms with Crippen LogP contribution in [0.3, 0.4) is 0 Å². The first-order valence-electron chi connectivity index (χ1n) is 5.63. The first kappa shape index (κ1) is 12.7. The van der Waals surface area contributed by atoms with Crippen molar-refractivity contribution in [1.82, 2.24) is 4.98 Å². The number of rotatable bonds is 1. The molecule has 2 N–H and O–H groups in total.